The number of sulfone groups is 1. The first-order valence-corrected chi connectivity index (χ1v) is 8.53. The van der Waals surface area contributed by atoms with Crippen LogP contribution < -0.4 is 5.73 Å². The molecule has 3 N–H and O–H groups in total. The highest BCUT2D eigenvalue weighted by molar-refractivity contribution is 7.91. The number of carboxylic acids is 1. The van der Waals surface area contributed by atoms with E-state index in [0.29, 0.717) is 6.42 Å². The van der Waals surface area contributed by atoms with Crippen molar-refractivity contribution in [3.8, 4) is 0 Å². The number of hydrogen-bond acceptors (Lipinski definition) is 5. The summed E-state index contributed by atoms with van der Waals surface area (Å²) in [6.45, 7) is -0.463. The summed E-state index contributed by atoms with van der Waals surface area (Å²) in [4.78, 5) is 24.4. The van der Waals surface area contributed by atoms with Gasteiger partial charge in [0, 0.05) is 18.0 Å². The van der Waals surface area contributed by atoms with E-state index in [-0.39, 0.29) is 23.8 Å². The van der Waals surface area contributed by atoms with E-state index in [9.17, 15) is 18.0 Å². The molecule has 1 atom stereocenters. The molecular formula is C12H20N2O5S. The number of hydrogen-bond donors (Lipinski definition) is 2. The fourth-order valence-electron chi connectivity index (χ4n) is 2.80. The minimum atomic E-state index is -3.16. The van der Waals surface area contributed by atoms with Crippen molar-refractivity contribution in [3.63, 3.8) is 0 Å². The number of carboxylic acid groups (broad SMARTS) is 1. The SMILES string of the molecule is NC1(CC(=O)N(CC(=O)O)C2CCS(=O)(=O)C2)CCC1. The van der Waals surface area contributed by atoms with Gasteiger partial charge in [0.15, 0.2) is 9.84 Å². The van der Waals surface area contributed by atoms with Crippen LogP contribution in [0.15, 0.2) is 0 Å². The Morgan fingerprint density at radius 2 is 2.00 bits per heavy atom. The molecule has 2 aliphatic rings. The van der Waals surface area contributed by atoms with Gasteiger partial charge in [-0.25, -0.2) is 8.42 Å². The van der Waals surface area contributed by atoms with Crippen LogP contribution in [-0.4, -0.2) is 59.9 Å². The molecule has 7 nitrogen and oxygen atoms in total. The Morgan fingerprint density at radius 3 is 2.40 bits per heavy atom. The van der Waals surface area contributed by atoms with Crippen LogP contribution in [0.2, 0.25) is 0 Å². The van der Waals surface area contributed by atoms with E-state index in [1.54, 1.807) is 0 Å². The predicted molar refractivity (Wildman–Crippen MR) is 71.8 cm³/mol. The molecule has 8 heteroatoms. The van der Waals surface area contributed by atoms with Gasteiger partial charge in [-0.15, -0.1) is 0 Å². The van der Waals surface area contributed by atoms with Gasteiger partial charge in [0.25, 0.3) is 0 Å². The Hall–Kier alpha value is -1.15. The number of carbonyl (C=O) groups excluding carboxylic acids is 1. The molecule has 0 spiro atoms. The van der Waals surface area contributed by atoms with E-state index < -0.39 is 33.9 Å². The Balaban J connectivity index is 2.07. The van der Waals surface area contributed by atoms with Crippen molar-refractivity contribution < 1.29 is 23.1 Å². The summed E-state index contributed by atoms with van der Waals surface area (Å²) in [5, 5.41) is 8.92. The van der Waals surface area contributed by atoms with Gasteiger partial charge in [-0.05, 0) is 25.7 Å². The first kappa shape index (κ1) is 15.2. The van der Waals surface area contributed by atoms with Crippen LogP contribution in [0.25, 0.3) is 0 Å². The molecule has 1 unspecified atom stereocenters. The smallest absolute Gasteiger partial charge is 0.323 e. The van der Waals surface area contributed by atoms with E-state index in [1.165, 1.54) is 4.90 Å². The lowest BCUT2D eigenvalue weighted by molar-refractivity contribution is -0.146. The van der Waals surface area contributed by atoms with Crippen LogP contribution in [0.5, 0.6) is 0 Å². The minimum absolute atomic E-state index is 0.00876. The first-order valence-electron chi connectivity index (χ1n) is 6.71. The van der Waals surface area contributed by atoms with E-state index >= 15 is 0 Å². The highest BCUT2D eigenvalue weighted by atomic mass is 32.2. The second kappa shape index (κ2) is 5.33. The summed E-state index contributed by atoms with van der Waals surface area (Å²) in [6, 6.07) is -0.535. The van der Waals surface area contributed by atoms with Crippen molar-refractivity contribution in [1.29, 1.82) is 0 Å². The van der Waals surface area contributed by atoms with Gasteiger partial charge in [0.1, 0.15) is 6.54 Å². The monoisotopic (exact) mass is 304 g/mol. The third-order valence-electron chi connectivity index (χ3n) is 4.13. The highest BCUT2D eigenvalue weighted by Crippen LogP contribution is 2.33. The Morgan fingerprint density at radius 1 is 1.35 bits per heavy atom. The maximum atomic E-state index is 12.3. The normalized spacial score (nSPS) is 26.8. The summed E-state index contributed by atoms with van der Waals surface area (Å²) in [6.07, 6.45) is 2.88. The van der Waals surface area contributed by atoms with Gasteiger partial charge in [0.2, 0.25) is 5.91 Å². The molecule has 1 amide bonds. The largest absolute Gasteiger partial charge is 0.480 e. The van der Waals surface area contributed by atoms with Crippen LogP contribution >= 0.6 is 0 Å². The fraction of sp³-hybridized carbons (Fsp3) is 0.833. The summed E-state index contributed by atoms with van der Waals surface area (Å²) in [5.41, 5.74) is 5.47. The average molecular weight is 304 g/mol. The topological polar surface area (TPSA) is 118 Å². The summed E-state index contributed by atoms with van der Waals surface area (Å²) in [5.74, 6) is -1.63. The van der Waals surface area contributed by atoms with Crippen molar-refractivity contribution in [2.45, 2.75) is 43.7 Å². The lowest BCUT2D eigenvalue weighted by atomic mass is 9.75. The maximum Gasteiger partial charge on any atom is 0.323 e. The van der Waals surface area contributed by atoms with Crippen molar-refractivity contribution in [3.05, 3.63) is 0 Å². The molecule has 0 aromatic rings. The van der Waals surface area contributed by atoms with Crippen molar-refractivity contribution >= 4 is 21.7 Å². The zero-order valence-corrected chi connectivity index (χ0v) is 12.1. The Kier molecular flexibility index (Phi) is 4.06. The molecule has 114 valence electrons. The molecule has 20 heavy (non-hydrogen) atoms. The number of carbonyl (C=O) groups is 2. The lowest BCUT2D eigenvalue weighted by Gasteiger charge is -2.39. The van der Waals surface area contributed by atoms with Crippen LogP contribution in [0.3, 0.4) is 0 Å². The molecule has 1 saturated carbocycles. The van der Waals surface area contributed by atoms with Crippen LogP contribution in [0, 0.1) is 0 Å². The molecule has 0 aromatic heterocycles. The number of rotatable bonds is 5. The van der Waals surface area contributed by atoms with Gasteiger partial charge >= 0.3 is 5.97 Å². The molecule has 1 aliphatic heterocycles. The fourth-order valence-corrected chi connectivity index (χ4v) is 4.53. The first-order chi connectivity index (χ1) is 9.21. The molecule has 1 saturated heterocycles. The Labute approximate surface area is 118 Å². The zero-order valence-electron chi connectivity index (χ0n) is 11.2. The molecule has 2 fully saturated rings. The maximum absolute atomic E-state index is 12.3. The lowest BCUT2D eigenvalue weighted by Crippen LogP contribution is -2.53. The van der Waals surface area contributed by atoms with Crippen molar-refractivity contribution in [1.82, 2.24) is 4.90 Å². The standard InChI is InChI=1S/C12H20N2O5S/c13-12(3-1-4-12)6-10(15)14(7-11(16)17)9-2-5-20(18,19)8-9/h9H,1-8,13H2,(H,16,17). The van der Waals surface area contributed by atoms with E-state index in [1.807, 2.05) is 0 Å². The second-order valence-electron chi connectivity index (χ2n) is 5.86. The second-order valence-corrected chi connectivity index (χ2v) is 8.09. The van der Waals surface area contributed by atoms with Gasteiger partial charge in [-0.2, -0.15) is 0 Å². The summed E-state index contributed by atoms with van der Waals surface area (Å²) in [7, 11) is -3.16. The molecule has 0 bridgehead atoms. The average Bonchev–Trinajstić information content (AvgIpc) is 2.64. The number of amides is 1. The molecule has 2 rings (SSSR count). The van der Waals surface area contributed by atoms with Gasteiger partial charge in [0.05, 0.1) is 11.5 Å². The summed E-state index contributed by atoms with van der Waals surface area (Å²) >= 11 is 0. The molecule has 0 aromatic carbocycles. The Bertz CT molecular complexity index is 512. The zero-order chi connectivity index (χ0) is 15.0. The third-order valence-corrected chi connectivity index (χ3v) is 5.88. The summed E-state index contributed by atoms with van der Waals surface area (Å²) < 4.78 is 23.0. The molecule has 1 heterocycles. The van der Waals surface area contributed by atoms with Gasteiger partial charge in [-0.1, -0.05) is 0 Å². The van der Waals surface area contributed by atoms with Crippen LogP contribution in [0.1, 0.15) is 32.1 Å². The van der Waals surface area contributed by atoms with E-state index in [4.69, 9.17) is 10.8 Å². The minimum Gasteiger partial charge on any atom is -0.480 e. The van der Waals surface area contributed by atoms with Gasteiger partial charge < -0.3 is 15.7 Å². The quantitative estimate of drug-likeness (QED) is 0.697. The van der Waals surface area contributed by atoms with E-state index in [2.05, 4.69) is 0 Å². The van der Waals surface area contributed by atoms with Crippen LogP contribution in [-0.2, 0) is 19.4 Å². The molecule has 1 aliphatic carbocycles. The number of aliphatic carboxylic acids is 1. The number of nitrogens with two attached hydrogens (primary N) is 1. The number of nitrogens with zero attached hydrogens (tertiary/aromatic N) is 1. The third kappa shape index (κ3) is 3.49. The van der Waals surface area contributed by atoms with Gasteiger partial charge in [-0.3, -0.25) is 9.59 Å². The van der Waals surface area contributed by atoms with Crippen molar-refractivity contribution in [2.24, 2.45) is 5.73 Å². The van der Waals surface area contributed by atoms with Crippen molar-refractivity contribution in [2.75, 3.05) is 18.1 Å². The predicted octanol–water partition coefficient (Wildman–Crippen LogP) is -0.642. The van der Waals surface area contributed by atoms with E-state index in [0.717, 1.165) is 19.3 Å². The molecule has 0 radical (unpaired) electrons. The van der Waals surface area contributed by atoms with Crippen LogP contribution in [0.4, 0.5) is 0 Å². The molecular weight excluding hydrogens is 284 g/mol. The highest BCUT2D eigenvalue weighted by Gasteiger charge is 2.40.